The minimum Gasteiger partial charge on any atom is -0.488 e. The summed E-state index contributed by atoms with van der Waals surface area (Å²) in [7, 11) is 0. The average Bonchev–Trinajstić information content (AvgIpc) is 3.36. The van der Waals surface area contributed by atoms with Crippen molar-refractivity contribution in [3.8, 4) is 5.75 Å². The Morgan fingerprint density at radius 3 is 2.66 bits per heavy atom. The number of nitrogens with zero attached hydrogens (tertiary/aromatic N) is 3. The molecule has 29 heavy (non-hydrogen) atoms. The molecule has 1 fully saturated rings. The summed E-state index contributed by atoms with van der Waals surface area (Å²) in [4.78, 5) is 32.0. The van der Waals surface area contributed by atoms with Crippen LogP contribution in [0.4, 0.5) is 16.3 Å². The van der Waals surface area contributed by atoms with Crippen molar-refractivity contribution in [1.82, 2.24) is 19.8 Å². The number of anilines is 2. The summed E-state index contributed by atoms with van der Waals surface area (Å²) in [5.74, 6) is 1.31. The number of hydrogen-bond donors (Lipinski definition) is 3. The van der Waals surface area contributed by atoms with Gasteiger partial charge in [0.25, 0.3) is 5.91 Å². The van der Waals surface area contributed by atoms with Crippen LogP contribution in [0.15, 0.2) is 24.4 Å². The van der Waals surface area contributed by atoms with E-state index in [-0.39, 0.29) is 23.5 Å². The first-order chi connectivity index (χ1) is 13.9. The van der Waals surface area contributed by atoms with Crippen molar-refractivity contribution in [2.45, 2.75) is 32.7 Å². The molecule has 154 valence electrons. The van der Waals surface area contributed by atoms with E-state index in [9.17, 15) is 9.59 Å². The highest BCUT2D eigenvalue weighted by Gasteiger charge is 2.27. The number of nitrogens with one attached hydrogen (secondary N) is 3. The van der Waals surface area contributed by atoms with Crippen LogP contribution in [-0.2, 0) is 0 Å². The van der Waals surface area contributed by atoms with Crippen LogP contribution < -0.4 is 20.4 Å². The van der Waals surface area contributed by atoms with Crippen LogP contribution in [0, 0.1) is 5.41 Å². The maximum absolute atomic E-state index is 12.7. The smallest absolute Gasteiger partial charge is 0.327 e. The highest BCUT2D eigenvalue weighted by atomic mass is 16.5. The Kier molecular flexibility index (Phi) is 5.04. The minimum absolute atomic E-state index is 0.0126. The van der Waals surface area contributed by atoms with Gasteiger partial charge in [-0.05, 0) is 32.8 Å². The molecule has 3 N–H and O–H groups in total. The summed E-state index contributed by atoms with van der Waals surface area (Å²) in [5, 5.41) is 11.0. The van der Waals surface area contributed by atoms with Crippen LogP contribution in [-0.4, -0.2) is 58.7 Å². The minimum atomic E-state index is -0.336. The van der Waals surface area contributed by atoms with E-state index in [0.29, 0.717) is 30.4 Å². The summed E-state index contributed by atoms with van der Waals surface area (Å²) in [5.41, 5.74) is 1.35. The molecule has 4 heterocycles. The molecule has 0 aliphatic carbocycles. The van der Waals surface area contributed by atoms with Gasteiger partial charge in [0, 0.05) is 43.1 Å². The van der Waals surface area contributed by atoms with E-state index in [2.05, 4.69) is 10.3 Å². The van der Waals surface area contributed by atoms with Gasteiger partial charge in [-0.25, -0.2) is 4.79 Å². The summed E-state index contributed by atoms with van der Waals surface area (Å²) >= 11 is 0. The monoisotopic (exact) mass is 398 g/mol. The number of carbonyl (C=O) groups is 2. The third-order valence-electron chi connectivity index (χ3n) is 5.11. The van der Waals surface area contributed by atoms with Crippen molar-refractivity contribution in [3.63, 3.8) is 0 Å². The molecule has 0 saturated carbocycles. The highest BCUT2D eigenvalue weighted by Crippen LogP contribution is 2.36. The van der Waals surface area contributed by atoms with Gasteiger partial charge in [0.2, 0.25) is 0 Å². The third kappa shape index (κ3) is 3.72. The van der Waals surface area contributed by atoms with Gasteiger partial charge in [-0.2, -0.15) is 0 Å². The van der Waals surface area contributed by atoms with Crippen LogP contribution in [0.1, 0.15) is 37.2 Å². The van der Waals surface area contributed by atoms with Gasteiger partial charge < -0.3 is 24.8 Å². The van der Waals surface area contributed by atoms with E-state index >= 15 is 0 Å². The van der Waals surface area contributed by atoms with E-state index in [1.54, 1.807) is 24.4 Å². The van der Waals surface area contributed by atoms with Crippen molar-refractivity contribution < 1.29 is 14.3 Å². The molecule has 2 aromatic rings. The molecule has 0 spiro atoms. The SMILES string of the molecule is CC(C)NC(=O)n1ccc(N2CCOc3cc(C(=O)N4CCCC4)[nH]c32)cc1=N. The first-order valence-electron chi connectivity index (χ1n) is 9.95. The lowest BCUT2D eigenvalue weighted by molar-refractivity contribution is 0.0787. The number of H-pyrrole nitrogens is 1. The lowest BCUT2D eigenvalue weighted by atomic mass is 10.3. The molecule has 4 rings (SSSR count). The number of fused-ring (bicyclic) bond motifs is 1. The predicted octanol–water partition coefficient (Wildman–Crippen LogP) is 2.03. The van der Waals surface area contributed by atoms with Gasteiger partial charge >= 0.3 is 6.03 Å². The molecule has 2 aliphatic rings. The number of amides is 2. The van der Waals surface area contributed by atoms with E-state index in [4.69, 9.17) is 10.1 Å². The number of aromatic nitrogens is 2. The number of pyridine rings is 1. The molecule has 9 nitrogen and oxygen atoms in total. The quantitative estimate of drug-likeness (QED) is 0.735. The van der Waals surface area contributed by atoms with Gasteiger partial charge in [-0.3, -0.25) is 14.8 Å². The van der Waals surface area contributed by atoms with Crippen LogP contribution in [0.5, 0.6) is 5.75 Å². The number of likely N-dealkylation sites (tertiary alicyclic amines) is 1. The fourth-order valence-corrected chi connectivity index (χ4v) is 3.71. The summed E-state index contributed by atoms with van der Waals surface area (Å²) in [6, 6.07) is 4.83. The first kappa shape index (κ1) is 19.1. The van der Waals surface area contributed by atoms with Crippen LogP contribution >= 0.6 is 0 Å². The average molecular weight is 398 g/mol. The molecule has 0 atom stereocenters. The Morgan fingerprint density at radius 1 is 1.21 bits per heavy atom. The van der Waals surface area contributed by atoms with Gasteiger partial charge in [-0.15, -0.1) is 0 Å². The first-order valence-corrected chi connectivity index (χ1v) is 9.95. The second kappa shape index (κ2) is 7.65. The molecule has 0 bridgehead atoms. The van der Waals surface area contributed by atoms with E-state index < -0.39 is 0 Å². The zero-order valence-electron chi connectivity index (χ0n) is 16.7. The van der Waals surface area contributed by atoms with Crippen molar-refractivity contribution in [3.05, 3.63) is 35.6 Å². The van der Waals surface area contributed by atoms with Crippen molar-refractivity contribution in [2.75, 3.05) is 31.1 Å². The second-order valence-electron chi connectivity index (χ2n) is 7.64. The van der Waals surface area contributed by atoms with Crippen molar-refractivity contribution in [2.24, 2.45) is 0 Å². The molecule has 0 radical (unpaired) electrons. The number of carbonyl (C=O) groups excluding carboxylic acids is 2. The molecule has 0 aromatic carbocycles. The Labute approximate surface area is 168 Å². The molecule has 2 aliphatic heterocycles. The standard InChI is InChI=1S/C20H26N6O3/c1-13(2)22-20(28)26-8-5-14(11-17(26)21)25-9-10-29-16-12-15(23-18(16)25)19(27)24-6-3-4-7-24/h5,8,11-13,21,23H,3-4,6-7,9-10H2,1-2H3,(H,22,28). The topological polar surface area (TPSA) is 106 Å². The van der Waals surface area contributed by atoms with Crippen LogP contribution in [0.3, 0.4) is 0 Å². The molecule has 9 heteroatoms. The van der Waals surface area contributed by atoms with Gasteiger partial charge in [-0.1, -0.05) is 0 Å². The predicted molar refractivity (Wildman–Crippen MR) is 108 cm³/mol. The fourth-order valence-electron chi connectivity index (χ4n) is 3.71. The zero-order valence-corrected chi connectivity index (χ0v) is 16.7. The zero-order chi connectivity index (χ0) is 20.5. The molecule has 2 amide bonds. The highest BCUT2D eigenvalue weighted by molar-refractivity contribution is 5.94. The number of rotatable bonds is 3. The van der Waals surface area contributed by atoms with Crippen molar-refractivity contribution in [1.29, 1.82) is 5.41 Å². The number of ether oxygens (including phenoxy) is 1. The van der Waals surface area contributed by atoms with Gasteiger partial charge in [0.05, 0.1) is 6.54 Å². The number of aromatic amines is 1. The van der Waals surface area contributed by atoms with Crippen molar-refractivity contribution >= 4 is 23.4 Å². The number of hydrogen-bond acceptors (Lipinski definition) is 5. The van der Waals surface area contributed by atoms with Crippen LogP contribution in [0.25, 0.3) is 0 Å². The Balaban J connectivity index is 1.61. The van der Waals surface area contributed by atoms with E-state index in [1.165, 1.54) is 4.57 Å². The lowest BCUT2D eigenvalue weighted by Gasteiger charge is -2.29. The maximum atomic E-state index is 12.7. The summed E-state index contributed by atoms with van der Waals surface area (Å²) in [6.45, 7) is 6.36. The largest absolute Gasteiger partial charge is 0.488 e. The summed E-state index contributed by atoms with van der Waals surface area (Å²) < 4.78 is 7.01. The molecule has 2 aromatic heterocycles. The summed E-state index contributed by atoms with van der Waals surface area (Å²) in [6.07, 6.45) is 3.66. The molecule has 1 saturated heterocycles. The Bertz CT molecular complexity index is 986. The Hall–Kier alpha value is -3.23. The molecule has 0 unspecified atom stereocenters. The lowest BCUT2D eigenvalue weighted by Crippen LogP contribution is -2.39. The maximum Gasteiger partial charge on any atom is 0.327 e. The van der Waals surface area contributed by atoms with Gasteiger partial charge in [0.1, 0.15) is 17.8 Å². The van der Waals surface area contributed by atoms with Gasteiger partial charge in [0.15, 0.2) is 11.6 Å². The third-order valence-corrected chi connectivity index (χ3v) is 5.11. The fraction of sp³-hybridized carbons (Fsp3) is 0.450. The second-order valence-corrected chi connectivity index (χ2v) is 7.64. The normalized spacial score (nSPS) is 16.0. The van der Waals surface area contributed by atoms with E-state index in [0.717, 1.165) is 31.6 Å². The van der Waals surface area contributed by atoms with Crippen LogP contribution in [0.2, 0.25) is 0 Å². The Morgan fingerprint density at radius 2 is 1.97 bits per heavy atom. The van der Waals surface area contributed by atoms with E-state index in [1.807, 2.05) is 23.6 Å². The molecular formula is C20H26N6O3. The molecular weight excluding hydrogens is 372 g/mol.